The number of nitrogens with zero attached hydrogens (tertiary/aromatic N) is 1. The standard InChI is InChI=1S/C20H20N2O/c1-3-22-18-9-5-6-10-19(18)23-20(22)11-7-4-8-16-12-14-17(21-2)15-13-16/h4-15H,3H2,1-2H3/p+1. The van der Waals surface area contributed by atoms with Gasteiger partial charge in [0.05, 0.1) is 6.08 Å². The van der Waals surface area contributed by atoms with Gasteiger partial charge in [0.1, 0.15) is 6.54 Å². The van der Waals surface area contributed by atoms with E-state index in [9.17, 15) is 0 Å². The second-order valence-corrected chi connectivity index (χ2v) is 5.24. The molecule has 0 unspecified atom stereocenters. The van der Waals surface area contributed by atoms with Crippen molar-refractivity contribution in [3.05, 3.63) is 72.1 Å². The van der Waals surface area contributed by atoms with E-state index in [1.54, 1.807) is 0 Å². The van der Waals surface area contributed by atoms with Gasteiger partial charge in [-0.3, -0.25) is 0 Å². The lowest BCUT2D eigenvalue weighted by atomic mass is 10.2. The lowest BCUT2D eigenvalue weighted by Gasteiger charge is -1.98. The van der Waals surface area contributed by atoms with Crippen LogP contribution in [0.4, 0.5) is 5.69 Å². The molecule has 0 aliphatic carbocycles. The topological polar surface area (TPSA) is 29.1 Å². The summed E-state index contributed by atoms with van der Waals surface area (Å²) in [5.74, 6) is 0.865. The molecule has 0 fully saturated rings. The number of allylic oxidation sites excluding steroid dienone is 2. The lowest BCUT2D eigenvalue weighted by Crippen LogP contribution is -2.33. The quantitative estimate of drug-likeness (QED) is 0.555. The fraction of sp³-hybridized carbons (Fsp3) is 0.150. The van der Waals surface area contributed by atoms with Crippen molar-refractivity contribution in [2.24, 2.45) is 0 Å². The molecule has 116 valence electrons. The van der Waals surface area contributed by atoms with Crippen molar-refractivity contribution >= 4 is 28.9 Å². The first-order valence-electron chi connectivity index (χ1n) is 7.85. The fourth-order valence-corrected chi connectivity index (χ4v) is 2.57. The van der Waals surface area contributed by atoms with Crippen LogP contribution >= 0.6 is 0 Å². The minimum absolute atomic E-state index is 0.865. The molecule has 0 spiro atoms. The predicted molar refractivity (Wildman–Crippen MR) is 96.1 cm³/mol. The summed E-state index contributed by atoms with van der Waals surface area (Å²) in [6.45, 7) is 3.00. The van der Waals surface area contributed by atoms with E-state index in [4.69, 9.17) is 4.42 Å². The maximum Gasteiger partial charge on any atom is 0.374 e. The van der Waals surface area contributed by atoms with Gasteiger partial charge in [-0.1, -0.05) is 42.5 Å². The normalized spacial score (nSPS) is 11.7. The van der Waals surface area contributed by atoms with E-state index in [-0.39, 0.29) is 0 Å². The summed E-state index contributed by atoms with van der Waals surface area (Å²) < 4.78 is 8.07. The maximum atomic E-state index is 5.91. The molecule has 23 heavy (non-hydrogen) atoms. The first kappa shape index (κ1) is 15.1. The number of benzene rings is 2. The van der Waals surface area contributed by atoms with Crippen molar-refractivity contribution in [2.45, 2.75) is 13.5 Å². The van der Waals surface area contributed by atoms with Crippen molar-refractivity contribution in [3.63, 3.8) is 0 Å². The molecule has 1 heterocycles. The van der Waals surface area contributed by atoms with Crippen LogP contribution in [0.5, 0.6) is 0 Å². The zero-order valence-corrected chi connectivity index (χ0v) is 13.5. The summed E-state index contributed by atoms with van der Waals surface area (Å²) in [7, 11) is 1.92. The summed E-state index contributed by atoms with van der Waals surface area (Å²) in [4.78, 5) is 0. The van der Waals surface area contributed by atoms with Crippen LogP contribution in [0.15, 0.2) is 65.1 Å². The number of oxazole rings is 1. The van der Waals surface area contributed by atoms with Crippen molar-refractivity contribution in [1.82, 2.24) is 0 Å². The number of para-hydroxylation sites is 2. The third-order valence-electron chi connectivity index (χ3n) is 3.79. The SMILES string of the molecule is CC[n+]1c(C=CC=Cc2ccc(NC)cc2)oc2ccccc21. The van der Waals surface area contributed by atoms with Gasteiger partial charge < -0.3 is 9.73 Å². The number of hydrogen-bond donors (Lipinski definition) is 1. The van der Waals surface area contributed by atoms with E-state index >= 15 is 0 Å². The summed E-state index contributed by atoms with van der Waals surface area (Å²) in [6.07, 6.45) is 8.12. The van der Waals surface area contributed by atoms with Crippen LogP contribution in [0.2, 0.25) is 0 Å². The molecule has 3 heteroatoms. The molecule has 0 atom stereocenters. The number of aromatic nitrogens is 1. The lowest BCUT2D eigenvalue weighted by molar-refractivity contribution is -0.674. The Morgan fingerprint density at radius 2 is 1.74 bits per heavy atom. The molecule has 3 nitrogen and oxygen atoms in total. The zero-order chi connectivity index (χ0) is 16.1. The Balaban J connectivity index is 1.78. The van der Waals surface area contributed by atoms with Crippen LogP contribution < -0.4 is 9.88 Å². The van der Waals surface area contributed by atoms with E-state index in [1.807, 2.05) is 43.5 Å². The molecule has 3 aromatic rings. The molecule has 0 bridgehead atoms. The molecule has 3 rings (SSSR count). The minimum atomic E-state index is 0.865. The highest BCUT2D eigenvalue weighted by Gasteiger charge is 2.17. The number of hydrogen-bond acceptors (Lipinski definition) is 2. The van der Waals surface area contributed by atoms with Gasteiger partial charge >= 0.3 is 5.89 Å². The van der Waals surface area contributed by atoms with E-state index in [1.165, 1.54) is 5.56 Å². The minimum Gasteiger partial charge on any atom is -0.398 e. The molecule has 0 aliphatic rings. The van der Waals surface area contributed by atoms with Gasteiger partial charge in [0.25, 0.3) is 5.52 Å². The van der Waals surface area contributed by atoms with Crippen LogP contribution in [-0.2, 0) is 6.54 Å². The summed E-state index contributed by atoms with van der Waals surface area (Å²) >= 11 is 0. The molecule has 2 aromatic carbocycles. The summed E-state index contributed by atoms with van der Waals surface area (Å²) in [5.41, 5.74) is 4.33. The highest BCUT2D eigenvalue weighted by Crippen LogP contribution is 2.14. The largest absolute Gasteiger partial charge is 0.398 e. The van der Waals surface area contributed by atoms with E-state index < -0.39 is 0 Å². The third-order valence-corrected chi connectivity index (χ3v) is 3.79. The molecule has 0 saturated carbocycles. The van der Waals surface area contributed by atoms with Gasteiger partial charge in [-0.25, -0.2) is 0 Å². The highest BCUT2D eigenvalue weighted by atomic mass is 16.3. The number of rotatable bonds is 5. The second kappa shape index (κ2) is 6.97. The van der Waals surface area contributed by atoms with Crippen LogP contribution in [0.3, 0.4) is 0 Å². The summed E-state index contributed by atoms with van der Waals surface area (Å²) in [5, 5.41) is 3.12. The average Bonchev–Trinajstić information content (AvgIpc) is 2.96. The first-order valence-corrected chi connectivity index (χ1v) is 7.85. The number of fused-ring (bicyclic) bond motifs is 1. The van der Waals surface area contributed by atoms with Crippen LogP contribution in [0.25, 0.3) is 23.3 Å². The Hall–Kier alpha value is -2.81. The molecule has 0 radical (unpaired) electrons. The van der Waals surface area contributed by atoms with Gasteiger partial charge in [-0.05, 0) is 30.7 Å². The van der Waals surface area contributed by atoms with Crippen LogP contribution in [-0.4, -0.2) is 7.05 Å². The molecule has 0 aliphatic heterocycles. The number of aryl methyl sites for hydroxylation is 1. The molecular weight excluding hydrogens is 284 g/mol. The van der Waals surface area contributed by atoms with E-state index in [2.05, 4.69) is 53.2 Å². The Bertz CT molecular complexity index is 842. The zero-order valence-electron chi connectivity index (χ0n) is 13.5. The van der Waals surface area contributed by atoms with E-state index in [0.717, 1.165) is 29.2 Å². The first-order chi connectivity index (χ1) is 11.3. The third kappa shape index (κ3) is 3.34. The number of anilines is 1. The molecule has 0 saturated heterocycles. The molecule has 0 amide bonds. The Labute approximate surface area is 136 Å². The monoisotopic (exact) mass is 305 g/mol. The van der Waals surface area contributed by atoms with Gasteiger partial charge in [0.15, 0.2) is 0 Å². The maximum absolute atomic E-state index is 5.91. The Kier molecular flexibility index (Phi) is 4.57. The molecule has 1 aromatic heterocycles. The predicted octanol–water partition coefficient (Wildman–Crippen LogP) is 4.51. The molecule has 1 N–H and O–H groups in total. The number of nitrogens with one attached hydrogen (secondary N) is 1. The van der Waals surface area contributed by atoms with Crippen molar-refractivity contribution in [3.8, 4) is 0 Å². The average molecular weight is 305 g/mol. The van der Waals surface area contributed by atoms with Crippen LogP contribution in [0, 0.1) is 0 Å². The fourth-order valence-electron chi connectivity index (χ4n) is 2.57. The second-order valence-electron chi connectivity index (χ2n) is 5.24. The van der Waals surface area contributed by atoms with Gasteiger partial charge in [0.2, 0.25) is 5.58 Å². The van der Waals surface area contributed by atoms with E-state index in [0.29, 0.717) is 0 Å². The van der Waals surface area contributed by atoms with Crippen molar-refractivity contribution in [1.29, 1.82) is 0 Å². The van der Waals surface area contributed by atoms with Crippen LogP contribution in [0.1, 0.15) is 18.4 Å². The smallest absolute Gasteiger partial charge is 0.374 e. The Morgan fingerprint density at radius 1 is 1.00 bits per heavy atom. The highest BCUT2D eigenvalue weighted by molar-refractivity contribution is 5.69. The molecular formula is C20H21N2O+. The van der Waals surface area contributed by atoms with Gasteiger partial charge in [-0.2, -0.15) is 4.57 Å². The van der Waals surface area contributed by atoms with Crippen molar-refractivity contribution in [2.75, 3.05) is 12.4 Å². The van der Waals surface area contributed by atoms with Crippen molar-refractivity contribution < 1.29 is 8.98 Å². The van der Waals surface area contributed by atoms with Gasteiger partial charge in [-0.15, -0.1) is 0 Å². The van der Waals surface area contributed by atoms with Gasteiger partial charge in [0, 0.05) is 18.8 Å². The summed E-state index contributed by atoms with van der Waals surface area (Å²) in [6, 6.07) is 16.4. The Morgan fingerprint density at radius 3 is 2.48 bits per heavy atom.